The topological polar surface area (TPSA) is 63.4 Å². The van der Waals surface area contributed by atoms with Gasteiger partial charge in [0.05, 0.1) is 17.0 Å². The second-order valence-corrected chi connectivity index (χ2v) is 9.89. The molecule has 1 unspecified atom stereocenters. The molecule has 4 aromatic rings. The van der Waals surface area contributed by atoms with E-state index in [9.17, 15) is 9.59 Å². The van der Waals surface area contributed by atoms with Crippen LogP contribution in [0.15, 0.2) is 70.0 Å². The molecule has 6 heteroatoms. The van der Waals surface area contributed by atoms with Crippen molar-refractivity contribution >= 4 is 34.3 Å². The normalized spacial score (nSPS) is 15.8. The summed E-state index contributed by atoms with van der Waals surface area (Å²) in [5, 5.41) is 0.784. The largest absolute Gasteiger partial charge is 0.450 e. The smallest absolute Gasteiger partial charge is 0.296 e. The number of carbonyl (C=O) groups excluding carboxylic acids is 1. The van der Waals surface area contributed by atoms with Gasteiger partial charge in [0.25, 0.3) is 5.91 Å². The highest BCUT2D eigenvalue weighted by molar-refractivity contribution is 6.31. The monoisotopic (exact) mass is 458 g/mol. The predicted molar refractivity (Wildman–Crippen MR) is 130 cm³/mol. The molecule has 0 spiro atoms. The third-order valence-electron chi connectivity index (χ3n) is 6.07. The number of hydrogen-bond donors (Lipinski definition) is 0. The van der Waals surface area contributed by atoms with Gasteiger partial charge in [-0.1, -0.05) is 62.7 Å². The van der Waals surface area contributed by atoms with Gasteiger partial charge in [-0.15, -0.1) is 0 Å². The van der Waals surface area contributed by atoms with Gasteiger partial charge in [-0.25, -0.2) is 4.98 Å². The first kappa shape index (κ1) is 21.4. The molecule has 0 fully saturated rings. The number of amides is 1. The number of aryl methyl sites for hydroxylation is 1. The Morgan fingerprint density at radius 1 is 1.00 bits per heavy atom. The molecule has 33 heavy (non-hydrogen) atoms. The van der Waals surface area contributed by atoms with Crippen LogP contribution < -0.4 is 10.3 Å². The summed E-state index contributed by atoms with van der Waals surface area (Å²) in [4.78, 5) is 33.2. The van der Waals surface area contributed by atoms with Crippen LogP contribution in [0, 0.1) is 6.92 Å². The van der Waals surface area contributed by atoms with Crippen molar-refractivity contribution in [2.45, 2.75) is 39.2 Å². The highest BCUT2D eigenvalue weighted by Gasteiger charge is 2.44. The number of fused-ring (bicyclic) bond motifs is 2. The fourth-order valence-electron chi connectivity index (χ4n) is 4.26. The van der Waals surface area contributed by atoms with Crippen LogP contribution in [0.4, 0.5) is 5.82 Å². The maximum absolute atomic E-state index is 13.6. The van der Waals surface area contributed by atoms with E-state index in [-0.39, 0.29) is 22.5 Å². The Labute approximate surface area is 196 Å². The van der Waals surface area contributed by atoms with E-state index in [1.54, 1.807) is 35.4 Å². The van der Waals surface area contributed by atoms with Crippen molar-refractivity contribution in [3.05, 3.63) is 104 Å². The minimum Gasteiger partial charge on any atom is -0.450 e. The summed E-state index contributed by atoms with van der Waals surface area (Å²) < 4.78 is 5.98. The molecule has 1 atom stereocenters. The maximum atomic E-state index is 13.6. The Bertz CT molecular complexity index is 1450. The van der Waals surface area contributed by atoms with Crippen LogP contribution in [-0.4, -0.2) is 10.9 Å². The second-order valence-electron chi connectivity index (χ2n) is 9.46. The Kier molecular flexibility index (Phi) is 4.91. The third kappa shape index (κ3) is 3.53. The zero-order valence-corrected chi connectivity index (χ0v) is 19.6. The fourth-order valence-corrected chi connectivity index (χ4v) is 4.44. The Balaban J connectivity index is 1.77. The highest BCUT2D eigenvalue weighted by Crippen LogP contribution is 2.41. The first-order chi connectivity index (χ1) is 15.6. The van der Waals surface area contributed by atoms with E-state index in [0.717, 1.165) is 16.7 Å². The Hall–Kier alpha value is -3.44. The van der Waals surface area contributed by atoms with Gasteiger partial charge in [0, 0.05) is 11.2 Å². The Morgan fingerprint density at radius 2 is 1.73 bits per heavy atom. The summed E-state index contributed by atoms with van der Waals surface area (Å²) in [5.74, 6) is 0.116. The molecule has 0 saturated carbocycles. The number of pyridine rings is 1. The van der Waals surface area contributed by atoms with E-state index in [1.165, 1.54) is 0 Å². The SMILES string of the molecule is Cc1ccc(N2C(=O)c3oc4ccc(Cl)cc4c(=O)c3C2c2ccc(C(C)(C)C)cc2)nc1. The zero-order valence-electron chi connectivity index (χ0n) is 18.8. The summed E-state index contributed by atoms with van der Waals surface area (Å²) >= 11 is 6.16. The molecular weight excluding hydrogens is 436 g/mol. The fraction of sp³-hybridized carbons (Fsp3) is 0.222. The van der Waals surface area contributed by atoms with Crippen LogP contribution in [0.2, 0.25) is 5.02 Å². The second kappa shape index (κ2) is 7.56. The molecule has 166 valence electrons. The lowest BCUT2D eigenvalue weighted by Crippen LogP contribution is -2.30. The average Bonchev–Trinajstić information content (AvgIpc) is 3.07. The molecule has 1 aliphatic rings. The Morgan fingerprint density at radius 3 is 2.36 bits per heavy atom. The van der Waals surface area contributed by atoms with Crippen LogP contribution in [0.25, 0.3) is 11.0 Å². The van der Waals surface area contributed by atoms with Crippen molar-refractivity contribution in [3.8, 4) is 0 Å². The lowest BCUT2D eigenvalue weighted by atomic mass is 9.86. The average molecular weight is 459 g/mol. The summed E-state index contributed by atoms with van der Waals surface area (Å²) in [5.41, 5.74) is 3.30. The first-order valence-electron chi connectivity index (χ1n) is 10.8. The molecule has 0 N–H and O–H groups in total. The van der Waals surface area contributed by atoms with E-state index in [0.29, 0.717) is 27.4 Å². The van der Waals surface area contributed by atoms with E-state index < -0.39 is 6.04 Å². The van der Waals surface area contributed by atoms with Gasteiger partial charge in [-0.2, -0.15) is 0 Å². The van der Waals surface area contributed by atoms with Crippen molar-refractivity contribution in [2.75, 3.05) is 4.90 Å². The quantitative estimate of drug-likeness (QED) is 0.359. The van der Waals surface area contributed by atoms with Crippen LogP contribution in [0.1, 0.15) is 59.6 Å². The minimum absolute atomic E-state index is 0.0217. The molecule has 0 saturated heterocycles. The summed E-state index contributed by atoms with van der Waals surface area (Å²) in [6.07, 6.45) is 1.71. The molecule has 2 aromatic carbocycles. The molecule has 0 aliphatic carbocycles. The lowest BCUT2D eigenvalue weighted by molar-refractivity contribution is 0.0970. The van der Waals surface area contributed by atoms with E-state index >= 15 is 0 Å². The van der Waals surface area contributed by atoms with Crippen LogP contribution in [0.5, 0.6) is 0 Å². The zero-order chi connectivity index (χ0) is 23.5. The van der Waals surface area contributed by atoms with Crippen LogP contribution in [0.3, 0.4) is 0 Å². The maximum Gasteiger partial charge on any atom is 0.296 e. The molecule has 2 aromatic heterocycles. The van der Waals surface area contributed by atoms with Gasteiger partial charge in [-0.3, -0.25) is 14.5 Å². The van der Waals surface area contributed by atoms with Gasteiger partial charge >= 0.3 is 0 Å². The van der Waals surface area contributed by atoms with Crippen molar-refractivity contribution in [3.63, 3.8) is 0 Å². The highest BCUT2D eigenvalue weighted by atomic mass is 35.5. The number of halogens is 1. The molecule has 5 rings (SSSR count). The third-order valence-corrected chi connectivity index (χ3v) is 6.30. The van der Waals surface area contributed by atoms with Gasteiger partial charge in [0.15, 0.2) is 5.43 Å². The standard InChI is InChI=1S/C27H23ClN2O3/c1-15-5-12-21(29-14-15)30-23(16-6-8-17(9-7-16)27(2,3)4)22-24(31)19-13-18(28)10-11-20(19)33-25(22)26(30)32/h5-14,23H,1-4H3. The first-order valence-corrected chi connectivity index (χ1v) is 11.2. The molecule has 5 nitrogen and oxygen atoms in total. The van der Waals surface area contributed by atoms with Crippen molar-refractivity contribution in [1.82, 2.24) is 4.98 Å². The number of hydrogen-bond acceptors (Lipinski definition) is 4. The van der Waals surface area contributed by atoms with Crippen molar-refractivity contribution < 1.29 is 9.21 Å². The van der Waals surface area contributed by atoms with Crippen LogP contribution in [-0.2, 0) is 5.41 Å². The van der Waals surface area contributed by atoms with Gasteiger partial charge in [0.1, 0.15) is 11.4 Å². The van der Waals surface area contributed by atoms with E-state index in [2.05, 4.69) is 25.8 Å². The minimum atomic E-state index is -0.656. The number of anilines is 1. The number of carbonyl (C=O) groups is 1. The van der Waals surface area contributed by atoms with Gasteiger partial charge in [-0.05, 0) is 53.3 Å². The summed E-state index contributed by atoms with van der Waals surface area (Å²) in [6, 6.07) is 15.9. The van der Waals surface area contributed by atoms with E-state index in [1.807, 2.05) is 37.3 Å². The molecule has 0 radical (unpaired) electrons. The molecule has 0 bridgehead atoms. The molecule has 3 heterocycles. The van der Waals surface area contributed by atoms with E-state index in [4.69, 9.17) is 16.0 Å². The molecular formula is C27H23ClN2O3. The number of nitrogens with zero attached hydrogens (tertiary/aromatic N) is 2. The molecule has 1 amide bonds. The van der Waals surface area contributed by atoms with Crippen molar-refractivity contribution in [2.24, 2.45) is 0 Å². The van der Waals surface area contributed by atoms with Gasteiger partial charge < -0.3 is 4.42 Å². The number of benzene rings is 2. The van der Waals surface area contributed by atoms with Crippen LogP contribution >= 0.6 is 11.6 Å². The van der Waals surface area contributed by atoms with Crippen molar-refractivity contribution in [1.29, 1.82) is 0 Å². The summed E-state index contributed by atoms with van der Waals surface area (Å²) in [6.45, 7) is 8.36. The lowest BCUT2D eigenvalue weighted by Gasteiger charge is -2.25. The van der Waals surface area contributed by atoms with Gasteiger partial charge in [0.2, 0.25) is 5.76 Å². The molecule has 1 aliphatic heterocycles. The number of rotatable bonds is 2. The summed E-state index contributed by atoms with van der Waals surface area (Å²) in [7, 11) is 0. The number of aromatic nitrogens is 1. The predicted octanol–water partition coefficient (Wildman–Crippen LogP) is 6.20.